The van der Waals surface area contributed by atoms with E-state index in [-0.39, 0.29) is 11.9 Å². The van der Waals surface area contributed by atoms with Crippen molar-refractivity contribution in [2.75, 3.05) is 6.54 Å². The van der Waals surface area contributed by atoms with Crippen molar-refractivity contribution < 1.29 is 4.79 Å². The van der Waals surface area contributed by atoms with E-state index in [0.29, 0.717) is 12.1 Å². The molecule has 1 amide bonds. The van der Waals surface area contributed by atoms with Gasteiger partial charge in [-0.25, -0.2) is 4.98 Å². The molecule has 0 fully saturated rings. The maximum atomic E-state index is 12.6. The van der Waals surface area contributed by atoms with Crippen LogP contribution < -0.4 is 5.32 Å². The summed E-state index contributed by atoms with van der Waals surface area (Å²) in [7, 11) is 0. The van der Waals surface area contributed by atoms with Crippen molar-refractivity contribution in [2.45, 2.75) is 25.6 Å². The van der Waals surface area contributed by atoms with Crippen LogP contribution in [0.25, 0.3) is 0 Å². The van der Waals surface area contributed by atoms with Crippen LogP contribution in [0, 0.1) is 0 Å². The number of amides is 1. The number of aromatic nitrogens is 2. The standard InChI is InChI=1S/C27H25ClN4O/c28-23-8-4-7-20(15-23)17-32-14-13-24-25(31-18-30-24)26(32)21-9-11-22(12-10-21)27(33)29-16-19-5-2-1-3-6-19/h1-12,15,18,26H,13-14,16-17H2,(H,29,33)(H,30,31). The van der Waals surface area contributed by atoms with Gasteiger partial charge in [0.15, 0.2) is 0 Å². The minimum absolute atomic E-state index is 0.0143. The van der Waals surface area contributed by atoms with Crippen LogP contribution in [-0.4, -0.2) is 27.3 Å². The summed E-state index contributed by atoms with van der Waals surface area (Å²) in [6, 6.07) is 25.8. The van der Waals surface area contributed by atoms with Gasteiger partial charge >= 0.3 is 0 Å². The normalized spacial score (nSPS) is 15.7. The highest BCUT2D eigenvalue weighted by molar-refractivity contribution is 6.30. The Morgan fingerprint density at radius 2 is 1.82 bits per heavy atom. The van der Waals surface area contributed by atoms with Crippen molar-refractivity contribution in [3.8, 4) is 0 Å². The largest absolute Gasteiger partial charge is 0.348 e. The van der Waals surface area contributed by atoms with Crippen molar-refractivity contribution in [3.05, 3.63) is 124 Å². The lowest BCUT2D eigenvalue weighted by molar-refractivity contribution is 0.0951. The second-order valence-corrected chi connectivity index (χ2v) is 8.75. The molecule has 0 bridgehead atoms. The zero-order chi connectivity index (χ0) is 22.6. The number of imidazole rings is 1. The topological polar surface area (TPSA) is 61.0 Å². The van der Waals surface area contributed by atoms with Gasteiger partial charge in [0, 0.05) is 42.3 Å². The van der Waals surface area contributed by atoms with E-state index in [2.05, 4.69) is 26.3 Å². The number of H-pyrrole nitrogens is 1. The maximum Gasteiger partial charge on any atom is 0.251 e. The van der Waals surface area contributed by atoms with Gasteiger partial charge in [-0.1, -0.05) is 66.2 Å². The molecule has 1 unspecified atom stereocenters. The molecule has 166 valence electrons. The van der Waals surface area contributed by atoms with Crippen LogP contribution in [0.4, 0.5) is 0 Å². The quantitative estimate of drug-likeness (QED) is 0.422. The van der Waals surface area contributed by atoms with Crippen LogP contribution >= 0.6 is 11.6 Å². The van der Waals surface area contributed by atoms with E-state index in [1.54, 1.807) is 6.33 Å². The number of carbonyl (C=O) groups excluding carboxylic acids is 1. The van der Waals surface area contributed by atoms with E-state index in [1.807, 2.05) is 72.8 Å². The van der Waals surface area contributed by atoms with Crippen LogP contribution in [0.1, 0.15) is 44.5 Å². The number of nitrogens with zero attached hydrogens (tertiary/aromatic N) is 2. The minimum atomic E-state index is -0.0784. The lowest BCUT2D eigenvalue weighted by Gasteiger charge is -2.35. The maximum absolute atomic E-state index is 12.6. The van der Waals surface area contributed by atoms with E-state index in [9.17, 15) is 4.79 Å². The molecule has 2 N–H and O–H groups in total. The Hall–Kier alpha value is -3.41. The summed E-state index contributed by atoms with van der Waals surface area (Å²) in [4.78, 5) is 23.0. The lowest BCUT2D eigenvalue weighted by atomic mass is 9.94. The number of carbonyl (C=O) groups is 1. The molecule has 0 aliphatic carbocycles. The first kappa shape index (κ1) is 21.4. The molecule has 0 saturated carbocycles. The summed E-state index contributed by atoms with van der Waals surface area (Å²) >= 11 is 6.22. The highest BCUT2D eigenvalue weighted by atomic mass is 35.5. The molecule has 0 spiro atoms. The summed E-state index contributed by atoms with van der Waals surface area (Å²) in [6.07, 6.45) is 2.69. The molecule has 1 atom stereocenters. The summed E-state index contributed by atoms with van der Waals surface area (Å²) in [5.74, 6) is -0.0784. The van der Waals surface area contributed by atoms with E-state index in [0.717, 1.165) is 41.4 Å². The smallest absolute Gasteiger partial charge is 0.251 e. The second-order valence-electron chi connectivity index (χ2n) is 8.31. The third kappa shape index (κ3) is 4.85. The van der Waals surface area contributed by atoms with Gasteiger partial charge in [0.1, 0.15) is 0 Å². The van der Waals surface area contributed by atoms with Gasteiger partial charge in [-0.05, 0) is 41.0 Å². The molecule has 1 aromatic heterocycles. The summed E-state index contributed by atoms with van der Waals surface area (Å²) in [6.45, 7) is 2.19. The summed E-state index contributed by atoms with van der Waals surface area (Å²) < 4.78 is 0. The third-order valence-electron chi connectivity index (χ3n) is 6.08. The van der Waals surface area contributed by atoms with Crippen LogP contribution in [0.2, 0.25) is 5.02 Å². The zero-order valence-corrected chi connectivity index (χ0v) is 18.9. The van der Waals surface area contributed by atoms with Gasteiger partial charge in [0.05, 0.1) is 18.1 Å². The van der Waals surface area contributed by atoms with Crippen LogP contribution in [0.15, 0.2) is 85.2 Å². The first-order chi connectivity index (χ1) is 16.2. The molecule has 0 saturated heterocycles. The summed E-state index contributed by atoms with van der Waals surface area (Å²) in [5, 5.41) is 3.74. The lowest BCUT2D eigenvalue weighted by Crippen LogP contribution is -2.35. The van der Waals surface area contributed by atoms with Gasteiger partial charge in [0.2, 0.25) is 0 Å². The molecule has 5 rings (SSSR count). The van der Waals surface area contributed by atoms with Gasteiger partial charge < -0.3 is 10.3 Å². The molecule has 4 aromatic rings. The van der Waals surface area contributed by atoms with Crippen molar-refractivity contribution >= 4 is 17.5 Å². The number of fused-ring (bicyclic) bond motifs is 1. The van der Waals surface area contributed by atoms with Gasteiger partial charge in [0.25, 0.3) is 5.91 Å². The predicted molar refractivity (Wildman–Crippen MR) is 130 cm³/mol. The molecular weight excluding hydrogens is 432 g/mol. The molecule has 2 heterocycles. The van der Waals surface area contributed by atoms with Crippen molar-refractivity contribution in [3.63, 3.8) is 0 Å². The van der Waals surface area contributed by atoms with E-state index in [4.69, 9.17) is 11.6 Å². The number of halogens is 1. The highest BCUT2D eigenvalue weighted by Gasteiger charge is 2.31. The fourth-order valence-electron chi connectivity index (χ4n) is 4.43. The SMILES string of the molecule is O=C(NCc1ccccc1)c1ccc(C2c3nc[nH]c3CCN2Cc2cccc(Cl)c2)cc1. The fraction of sp³-hybridized carbons (Fsp3) is 0.185. The molecule has 0 radical (unpaired) electrons. The molecular formula is C27H25ClN4O. The Bertz CT molecular complexity index is 1240. The first-order valence-corrected chi connectivity index (χ1v) is 11.5. The first-order valence-electron chi connectivity index (χ1n) is 11.1. The number of benzene rings is 3. The average Bonchev–Trinajstić information content (AvgIpc) is 3.32. The third-order valence-corrected chi connectivity index (χ3v) is 6.32. The molecule has 1 aliphatic heterocycles. The Labute approximate surface area is 198 Å². The molecule has 5 nitrogen and oxygen atoms in total. The predicted octanol–water partition coefficient (Wildman–Crippen LogP) is 5.14. The van der Waals surface area contributed by atoms with Crippen LogP contribution in [0.3, 0.4) is 0 Å². The van der Waals surface area contributed by atoms with Gasteiger partial charge in [-0.15, -0.1) is 0 Å². The van der Waals surface area contributed by atoms with E-state index < -0.39 is 0 Å². The van der Waals surface area contributed by atoms with Crippen molar-refractivity contribution in [1.29, 1.82) is 0 Å². The monoisotopic (exact) mass is 456 g/mol. The summed E-state index contributed by atoms with van der Waals surface area (Å²) in [5.41, 5.74) is 6.23. The van der Waals surface area contributed by atoms with E-state index in [1.165, 1.54) is 11.3 Å². The van der Waals surface area contributed by atoms with Crippen LogP contribution in [0.5, 0.6) is 0 Å². The molecule has 6 heteroatoms. The van der Waals surface area contributed by atoms with Crippen molar-refractivity contribution in [1.82, 2.24) is 20.2 Å². The fourth-order valence-corrected chi connectivity index (χ4v) is 4.64. The number of hydrogen-bond donors (Lipinski definition) is 2. The Kier molecular flexibility index (Phi) is 6.24. The number of nitrogens with one attached hydrogen (secondary N) is 2. The minimum Gasteiger partial charge on any atom is -0.348 e. The number of hydrogen-bond acceptors (Lipinski definition) is 3. The molecule has 1 aliphatic rings. The molecule has 3 aromatic carbocycles. The number of aromatic amines is 1. The highest BCUT2D eigenvalue weighted by Crippen LogP contribution is 2.34. The van der Waals surface area contributed by atoms with E-state index >= 15 is 0 Å². The molecule has 33 heavy (non-hydrogen) atoms. The van der Waals surface area contributed by atoms with Crippen LogP contribution in [-0.2, 0) is 19.5 Å². The second kappa shape index (κ2) is 9.61. The van der Waals surface area contributed by atoms with Gasteiger partial charge in [-0.3, -0.25) is 9.69 Å². The number of rotatable bonds is 6. The van der Waals surface area contributed by atoms with Gasteiger partial charge in [-0.2, -0.15) is 0 Å². The Balaban J connectivity index is 1.35. The zero-order valence-electron chi connectivity index (χ0n) is 18.2. The Morgan fingerprint density at radius 1 is 1.03 bits per heavy atom. The van der Waals surface area contributed by atoms with Crippen molar-refractivity contribution in [2.24, 2.45) is 0 Å². The average molecular weight is 457 g/mol. The Morgan fingerprint density at radius 3 is 2.61 bits per heavy atom.